The van der Waals surface area contributed by atoms with Gasteiger partial charge in [0.2, 0.25) is 0 Å². The Kier molecular flexibility index (Phi) is 4.07. The molecule has 94 valence electrons. The van der Waals surface area contributed by atoms with Crippen molar-refractivity contribution in [3.8, 4) is 0 Å². The number of alkyl halides is 2. The van der Waals surface area contributed by atoms with Crippen molar-refractivity contribution in [2.24, 2.45) is 0 Å². The third-order valence-electron chi connectivity index (χ3n) is 2.19. The molecule has 1 fully saturated rings. The fourth-order valence-electron chi connectivity index (χ4n) is 1.54. The van der Waals surface area contributed by atoms with Crippen molar-refractivity contribution in [1.29, 1.82) is 0 Å². The van der Waals surface area contributed by atoms with Crippen LogP contribution in [0.15, 0.2) is 0 Å². The number of hydrogen-bond donors (Lipinski definition) is 2. The fraction of sp³-hybridized carbons (Fsp3) is 0.900. The van der Waals surface area contributed by atoms with E-state index in [1.807, 2.05) is 0 Å². The molecule has 1 heterocycles. The molecule has 1 aliphatic heterocycles. The van der Waals surface area contributed by atoms with Crippen LogP contribution in [0.2, 0.25) is 0 Å². The second-order valence-electron chi connectivity index (χ2n) is 4.93. The van der Waals surface area contributed by atoms with Crippen molar-refractivity contribution in [3.05, 3.63) is 0 Å². The van der Waals surface area contributed by atoms with Crippen LogP contribution < -0.4 is 10.6 Å². The first kappa shape index (κ1) is 13.2. The summed E-state index contributed by atoms with van der Waals surface area (Å²) in [5.41, 5.74) is -0.571. The summed E-state index contributed by atoms with van der Waals surface area (Å²) in [5, 5.41) is 5.22. The Morgan fingerprint density at radius 2 is 2.12 bits per heavy atom. The summed E-state index contributed by atoms with van der Waals surface area (Å²) < 4.78 is 29.7. The molecule has 0 aromatic heterocycles. The molecular formula is C10H18F2N2O2. The maximum atomic E-state index is 12.3. The normalized spacial score (nSPS) is 25.9. The Bertz CT molecular complexity index is 254. The molecule has 1 saturated heterocycles. The molecular weight excluding hydrogens is 218 g/mol. The molecule has 1 rings (SSSR count). The van der Waals surface area contributed by atoms with E-state index in [1.54, 1.807) is 20.8 Å². The highest BCUT2D eigenvalue weighted by Gasteiger charge is 2.32. The lowest BCUT2D eigenvalue weighted by molar-refractivity contribution is 0.0503. The van der Waals surface area contributed by atoms with Crippen LogP contribution >= 0.6 is 0 Å². The quantitative estimate of drug-likeness (QED) is 0.764. The zero-order valence-corrected chi connectivity index (χ0v) is 9.72. The SMILES string of the molecule is CC(C)(C)OC(=O)NC1CNC(C(F)F)C1. The Labute approximate surface area is 93.7 Å². The van der Waals surface area contributed by atoms with Gasteiger partial charge < -0.3 is 15.4 Å². The van der Waals surface area contributed by atoms with Crippen molar-refractivity contribution in [2.45, 2.75) is 51.3 Å². The zero-order chi connectivity index (χ0) is 12.3. The smallest absolute Gasteiger partial charge is 0.407 e. The van der Waals surface area contributed by atoms with Gasteiger partial charge >= 0.3 is 6.09 Å². The van der Waals surface area contributed by atoms with Crippen LogP contribution in [-0.2, 0) is 4.74 Å². The van der Waals surface area contributed by atoms with Gasteiger partial charge in [0.15, 0.2) is 0 Å². The number of ether oxygens (including phenoxy) is 1. The summed E-state index contributed by atoms with van der Waals surface area (Å²) in [6.07, 6.45) is -2.73. The second kappa shape index (κ2) is 4.95. The number of carbonyl (C=O) groups excluding carboxylic acids is 1. The Balaban J connectivity index is 2.32. The maximum absolute atomic E-state index is 12.3. The van der Waals surface area contributed by atoms with E-state index in [2.05, 4.69) is 10.6 Å². The first-order valence-corrected chi connectivity index (χ1v) is 5.29. The number of carbonyl (C=O) groups is 1. The lowest BCUT2D eigenvalue weighted by atomic mass is 10.2. The number of halogens is 2. The van der Waals surface area contributed by atoms with Gasteiger partial charge in [0.05, 0.1) is 6.04 Å². The molecule has 1 aliphatic rings. The minimum Gasteiger partial charge on any atom is -0.444 e. The molecule has 0 aromatic rings. The van der Waals surface area contributed by atoms with Gasteiger partial charge in [0.25, 0.3) is 6.43 Å². The van der Waals surface area contributed by atoms with Gasteiger partial charge in [-0.05, 0) is 27.2 Å². The molecule has 1 amide bonds. The molecule has 2 N–H and O–H groups in total. The predicted molar refractivity (Wildman–Crippen MR) is 55.6 cm³/mol. The van der Waals surface area contributed by atoms with Gasteiger partial charge in [-0.1, -0.05) is 0 Å². The van der Waals surface area contributed by atoms with E-state index >= 15 is 0 Å². The summed E-state index contributed by atoms with van der Waals surface area (Å²) in [5.74, 6) is 0. The molecule has 6 heteroatoms. The minimum absolute atomic E-state index is 0.233. The van der Waals surface area contributed by atoms with Crippen LogP contribution in [0.5, 0.6) is 0 Å². The highest BCUT2D eigenvalue weighted by molar-refractivity contribution is 5.68. The Morgan fingerprint density at radius 1 is 1.50 bits per heavy atom. The standard InChI is InChI=1S/C10H18F2N2O2/c1-10(2,3)16-9(15)14-6-4-7(8(11)12)13-5-6/h6-8,13H,4-5H2,1-3H3,(H,14,15). The van der Waals surface area contributed by atoms with E-state index in [0.717, 1.165) is 0 Å². The van der Waals surface area contributed by atoms with Gasteiger partial charge in [0.1, 0.15) is 5.60 Å². The van der Waals surface area contributed by atoms with Crippen LogP contribution in [0.4, 0.5) is 13.6 Å². The van der Waals surface area contributed by atoms with Gasteiger partial charge in [-0.15, -0.1) is 0 Å². The highest BCUT2D eigenvalue weighted by atomic mass is 19.3. The summed E-state index contributed by atoms with van der Waals surface area (Å²) in [6, 6.07) is -1.12. The lowest BCUT2D eigenvalue weighted by Crippen LogP contribution is -2.40. The van der Waals surface area contributed by atoms with Crippen LogP contribution in [-0.4, -0.2) is 36.7 Å². The molecule has 0 spiro atoms. The van der Waals surface area contributed by atoms with E-state index in [-0.39, 0.29) is 12.5 Å². The third-order valence-corrected chi connectivity index (χ3v) is 2.19. The summed E-state index contributed by atoms with van der Waals surface area (Å²) in [6.45, 7) is 5.61. The van der Waals surface area contributed by atoms with Crippen LogP contribution in [0.1, 0.15) is 27.2 Å². The van der Waals surface area contributed by atoms with Gasteiger partial charge in [0, 0.05) is 12.6 Å². The first-order chi connectivity index (χ1) is 7.28. The monoisotopic (exact) mass is 236 g/mol. The van der Waals surface area contributed by atoms with E-state index in [9.17, 15) is 13.6 Å². The number of amides is 1. The maximum Gasteiger partial charge on any atom is 0.407 e. The second-order valence-corrected chi connectivity index (χ2v) is 4.93. The van der Waals surface area contributed by atoms with E-state index < -0.39 is 24.2 Å². The molecule has 0 aromatic carbocycles. The van der Waals surface area contributed by atoms with Crippen LogP contribution in [0, 0.1) is 0 Å². The zero-order valence-electron chi connectivity index (χ0n) is 9.72. The highest BCUT2D eigenvalue weighted by Crippen LogP contribution is 2.14. The van der Waals surface area contributed by atoms with Crippen molar-refractivity contribution in [2.75, 3.05) is 6.54 Å². The van der Waals surface area contributed by atoms with Crippen molar-refractivity contribution in [1.82, 2.24) is 10.6 Å². The van der Waals surface area contributed by atoms with E-state index in [1.165, 1.54) is 0 Å². The molecule has 2 unspecified atom stereocenters. The number of nitrogens with one attached hydrogen (secondary N) is 2. The molecule has 2 atom stereocenters. The summed E-state index contributed by atoms with van der Waals surface area (Å²) in [4.78, 5) is 11.3. The van der Waals surface area contributed by atoms with Gasteiger partial charge in [-0.25, -0.2) is 13.6 Å². The van der Waals surface area contributed by atoms with Crippen LogP contribution in [0.3, 0.4) is 0 Å². The molecule has 16 heavy (non-hydrogen) atoms. The van der Waals surface area contributed by atoms with E-state index in [4.69, 9.17) is 4.74 Å². The Hall–Kier alpha value is -0.910. The van der Waals surface area contributed by atoms with Gasteiger partial charge in [-0.2, -0.15) is 0 Å². The van der Waals surface area contributed by atoms with Crippen molar-refractivity contribution in [3.63, 3.8) is 0 Å². The lowest BCUT2D eigenvalue weighted by Gasteiger charge is -2.21. The number of hydrogen-bond acceptors (Lipinski definition) is 3. The van der Waals surface area contributed by atoms with Crippen molar-refractivity contribution >= 4 is 6.09 Å². The fourth-order valence-corrected chi connectivity index (χ4v) is 1.54. The molecule has 0 radical (unpaired) electrons. The van der Waals surface area contributed by atoms with E-state index in [0.29, 0.717) is 6.54 Å². The van der Waals surface area contributed by atoms with Crippen molar-refractivity contribution < 1.29 is 18.3 Å². The average Bonchev–Trinajstić information content (AvgIpc) is 2.48. The third kappa shape index (κ3) is 4.30. The predicted octanol–water partition coefficient (Wildman–Crippen LogP) is 1.51. The minimum atomic E-state index is -2.40. The molecule has 0 aliphatic carbocycles. The average molecular weight is 236 g/mol. The summed E-state index contributed by atoms with van der Waals surface area (Å²) in [7, 11) is 0. The van der Waals surface area contributed by atoms with Gasteiger partial charge in [-0.3, -0.25) is 0 Å². The number of alkyl carbamates (subject to hydrolysis) is 1. The topological polar surface area (TPSA) is 50.4 Å². The largest absolute Gasteiger partial charge is 0.444 e. The molecule has 0 saturated carbocycles. The Morgan fingerprint density at radius 3 is 2.56 bits per heavy atom. The number of rotatable bonds is 2. The first-order valence-electron chi connectivity index (χ1n) is 5.29. The summed E-state index contributed by atoms with van der Waals surface area (Å²) >= 11 is 0. The molecule has 4 nitrogen and oxygen atoms in total. The molecule has 0 bridgehead atoms. The van der Waals surface area contributed by atoms with Crippen LogP contribution in [0.25, 0.3) is 0 Å².